The van der Waals surface area contributed by atoms with Crippen LogP contribution in [-0.2, 0) is 12.8 Å². The molecular formula is C16H20. The van der Waals surface area contributed by atoms with Gasteiger partial charge in [0.25, 0.3) is 0 Å². The molecule has 0 aromatic heterocycles. The minimum absolute atomic E-state index is 0.889. The molecule has 2 bridgehead atoms. The topological polar surface area (TPSA) is 0 Å². The van der Waals surface area contributed by atoms with Crippen LogP contribution in [0.2, 0.25) is 0 Å². The summed E-state index contributed by atoms with van der Waals surface area (Å²) in [4.78, 5) is 0. The van der Waals surface area contributed by atoms with Gasteiger partial charge in [-0.05, 0) is 61.5 Å². The van der Waals surface area contributed by atoms with Crippen molar-refractivity contribution in [1.29, 1.82) is 0 Å². The summed E-state index contributed by atoms with van der Waals surface area (Å²) in [5.74, 6) is 1.78. The molecular weight excluding hydrogens is 192 g/mol. The van der Waals surface area contributed by atoms with Gasteiger partial charge in [0.15, 0.2) is 0 Å². The first kappa shape index (κ1) is 10.1. The molecule has 1 aromatic rings. The van der Waals surface area contributed by atoms with Crippen LogP contribution in [0.3, 0.4) is 0 Å². The first-order valence-corrected chi connectivity index (χ1v) is 6.63. The molecule has 0 heterocycles. The van der Waals surface area contributed by atoms with Crippen LogP contribution in [0.1, 0.15) is 36.8 Å². The molecule has 1 aromatic carbocycles. The predicted molar refractivity (Wildman–Crippen MR) is 68.4 cm³/mol. The van der Waals surface area contributed by atoms with E-state index in [-0.39, 0.29) is 0 Å². The molecule has 3 rings (SSSR count). The number of hydrogen-bond acceptors (Lipinski definition) is 0. The first-order chi connectivity index (χ1) is 7.92. The normalized spacial score (nSPS) is 30.8. The number of rotatable bonds is 0. The summed E-state index contributed by atoms with van der Waals surface area (Å²) in [6.45, 7) is 0. The fourth-order valence-electron chi connectivity index (χ4n) is 3.23. The van der Waals surface area contributed by atoms with Crippen molar-refractivity contribution in [1.82, 2.24) is 0 Å². The SMILES string of the molecule is C1=C\CC2CCC(C/1)Cc1ccccc1C2. The van der Waals surface area contributed by atoms with Gasteiger partial charge in [-0.2, -0.15) is 0 Å². The van der Waals surface area contributed by atoms with E-state index in [4.69, 9.17) is 0 Å². The predicted octanol–water partition coefficient (Wildman–Crippen LogP) is 4.15. The molecule has 0 amide bonds. The van der Waals surface area contributed by atoms with Crippen LogP contribution in [0.5, 0.6) is 0 Å². The molecule has 0 saturated heterocycles. The van der Waals surface area contributed by atoms with Gasteiger partial charge in [0.05, 0.1) is 0 Å². The second-order valence-corrected chi connectivity index (χ2v) is 5.43. The fourth-order valence-corrected chi connectivity index (χ4v) is 3.23. The van der Waals surface area contributed by atoms with Crippen molar-refractivity contribution < 1.29 is 0 Å². The molecule has 0 nitrogen and oxygen atoms in total. The first-order valence-electron chi connectivity index (χ1n) is 6.63. The van der Waals surface area contributed by atoms with Crippen molar-refractivity contribution in [3.05, 3.63) is 47.5 Å². The van der Waals surface area contributed by atoms with Gasteiger partial charge in [-0.3, -0.25) is 0 Å². The average Bonchev–Trinajstić information content (AvgIpc) is 2.27. The molecule has 2 aliphatic carbocycles. The van der Waals surface area contributed by atoms with Gasteiger partial charge < -0.3 is 0 Å². The Morgan fingerprint density at radius 1 is 0.750 bits per heavy atom. The maximum absolute atomic E-state index is 2.42. The van der Waals surface area contributed by atoms with Crippen LogP contribution >= 0.6 is 0 Å². The molecule has 0 spiro atoms. The largest absolute Gasteiger partial charge is 0.0882 e. The quantitative estimate of drug-likeness (QED) is 0.567. The van der Waals surface area contributed by atoms with E-state index in [1.807, 2.05) is 0 Å². The lowest BCUT2D eigenvalue weighted by Gasteiger charge is -2.27. The third kappa shape index (κ3) is 2.07. The fraction of sp³-hybridized carbons (Fsp3) is 0.500. The third-order valence-electron chi connectivity index (χ3n) is 4.22. The molecule has 0 saturated carbocycles. The van der Waals surface area contributed by atoms with E-state index in [0.717, 1.165) is 11.8 Å². The maximum atomic E-state index is 2.42. The zero-order valence-electron chi connectivity index (χ0n) is 9.86. The highest BCUT2D eigenvalue weighted by Crippen LogP contribution is 2.32. The van der Waals surface area contributed by atoms with Crippen LogP contribution < -0.4 is 0 Å². The van der Waals surface area contributed by atoms with Gasteiger partial charge in [-0.25, -0.2) is 0 Å². The second-order valence-electron chi connectivity index (χ2n) is 5.43. The third-order valence-corrected chi connectivity index (χ3v) is 4.22. The number of fused-ring (bicyclic) bond motifs is 4. The van der Waals surface area contributed by atoms with E-state index in [2.05, 4.69) is 36.4 Å². The Hall–Kier alpha value is -1.04. The van der Waals surface area contributed by atoms with Crippen molar-refractivity contribution in [2.24, 2.45) is 11.8 Å². The summed E-state index contributed by atoms with van der Waals surface area (Å²) in [6.07, 6.45) is 12.9. The number of allylic oxidation sites excluding steroid dienone is 2. The molecule has 16 heavy (non-hydrogen) atoms. The standard InChI is InChI=1S/C16H20/c1-2-6-14-10-9-13(5-1)11-15-7-3-4-8-16(15)12-14/h1-4,7-8,13-14H,5-6,9-12H2/b2-1-. The highest BCUT2D eigenvalue weighted by molar-refractivity contribution is 5.29. The lowest BCUT2D eigenvalue weighted by atomic mass is 9.78. The molecule has 0 N–H and O–H groups in total. The number of hydrogen-bond donors (Lipinski definition) is 0. The minimum atomic E-state index is 0.889. The minimum Gasteiger partial charge on any atom is -0.0882 e. The van der Waals surface area contributed by atoms with Crippen LogP contribution in [0, 0.1) is 11.8 Å². The van der Waals surface area contributed by atoms with Crippen molar-refractivity contribution in [2.45, 2.75) is 38.5 Å². The van der Waals surface area contributed by atoms with Crippen LogP contribution in [0.15, 0.2) is 36.4 Å². The van der Waals surface area contributed by atoms with Crippen LogP contribution in [-0.4, -0.2) is 0 Å². The summed E-state index contributed by atoms with van der Waals surface area (Å²) >= 11 is 0. The zero-order valence-corrected chi connectivity index (χ0v) is 9.86. The van der Waals surface area contributed by atoms with Crippen molar-refractivity contribution >= 4 is 0 Å². The van der Waals surface area contributed by atoms with E-state index in [1.165, 1.54) is 38.5 Å². The van der Waals surface area contributed by atoms with Crippen molar-refractivity contribution in [3.8, 4) is 0 Å². The van der Waals surface area contributed by atoms with E-state index in [1.54, 1.807) is 11.1 Å². The van der Waals surface area contributed by atoms with Crippen molar-refractivity contribution in [3.63, 3.8) is 0 Å². The van der Waals surface area contributed by atoms with Crippen LogP contribution in [0.4, 0.5) is 0 Å². The van der Waals surface area contributed by atoms with E-state index < -0.39 is 0 Å². The molecule has 0 radical (unpaired) electrons. The molecule has 2 atom stereocenters. The Balaban J connectivity index is 1.96. The van der Waals surface area contributed by atoms with Gasteiger partial charge in [-0.1, -0.05) is 36.4 Å². The molecule has 0 fully saturated rings. The summed E-state index contributed by atoms with van der Waals surface area (Å²) < 4.78 is 0. The Kier molecular flexibility index (Phi) is 2.82. The Bertz CT molecular complexity index is 352. The van der Waals surface area contributed by atoms with E-state index >= 15 is 0 Å². The molecule has 0 heteroatoms. The highest BCUT2D eigenvalue weighted by Gasteiger charge is 2.20. The Morgan fingerprint density at radius 2 is 1.25 bits per heavy atom. The summed E-state index contributed by atoms with van der Waals surface area (Å²) in [5.41, 5.74) is 3.24. The van der Waals surface area contributed by atoms with Gasteiger partial charge >= 0.3 is 0 Å². The maximum Gasteiger partial charge on any atom is -0.0245 e. The Labute approximate surface area is 98.4 Å². The summed E-state index contributed by atoms with van der Waals surface area (Å²) in [5, 5.41) is 0. The van der Waals surface area contributed by atoms with E-state index in [0.29, 0.717) is 0 Å². The van der Waals surface area contributed by atoms with Gasteiger partial charge in [-0.15, -0.1) is 0 Å². The summed E-state index contributed by atoms with van der Waals surface area (Å²) in [7, 11) is 0. The molecule has 84 valence electrons. The van der Waals surface area contributed by atoms with E-state index in [9.17, 15) is 0 Å². The van der Waals surface area contributed by atoms with Crippen molar-refractivity contribution in [2.75, 3.05) is 0 Å². The zero-order chi connectivity index (χ0) is 10.8. The number of benzene rings is 1. The monoisotopic (exact) mass is 212 g/mol. The lowest BCUT2D eigenvalue weighted by Crippen LogP contribution is -2.17. The van der Waals surface area contributed by atoms with Crippen LogP contribution in [0.25, 0.3) is 0 Å². The molecule has 0 aliphatic heterocycles. The Morgan fingerprint density at radius 3 is 1.75 bits per heavy atom. The smallest absolute Gasteiger partial charge is 0.0245 e. The van der Waals surface area contributed by atoms with Gasteiger partial charge in [0.2, 0.25) is 0 Å². The average molecular weight is 212 g/mol. The van der Waals surface area contributed by atoms with Gasteiger partial charge in [0, 0.05) is 0 Å². The molecule has 2 aliphatic rings. The lowest BCUT2D eigenvalue weighted by molar-refractivity contribution is 0.367. The van der Waals surface area contributed by atoms with Gasteiger partial charge in [0.1, 0.15) is 0 Å². The molecule has 2 unspecified atom stereocenters. The summed E-state index contributed by atoms with van der Waals surface area (Å²) in [6, 6.07) is 9.09. The highest BCUT2D eigenvalue weighted by atomic mass is 14.3. The second kappa shape index (κ2) is 4.45.